The smallest absolute Gasteiger partial charge is 0.157 e. The van der Waals surface area contributed by atoms with Crippen molar-refractivity contribution >= 4 is 23.2 Å². The number of ether oxygens (including phenoxy) is 1. The highest BCUT2D eigenvalue weighted by Crippen LogP contribution is 2.22. The molecule has 2 aromatic rings. The predicted molar refractivity (Wildman–Crippen MR) is 71.7 cm³/mol. The van der Waals surface area contributed by atoms with Crippen LogP contribution in [0.25, 0.3) is 0 Å². The maximum Gasteiger partial charge on any atom is 0.157 e. The van der Waals surface area contributed by atoms with Crippen LogP contribution in [0.2, 0.25) is 10.3 Å². The van der Waals surface area contributed by atoms with Crippen molar-refractivity contribution in [3.8, 4) is 0 Å². The molecule has 0 saturated carbocycles. The molecule has 0 N–H and O–H groups in total. The molecule has 3 nitrogen and oxygen atoms in total. The molecule has 0 aliphatic heterocycles. The first kappa shape index (κ1) is 13.3. The second-order valence-corrected chi connectivity index (χ2v) is 4.58. The van der Waals surface area contributed by atoms with Gasteiger partial charge in [-0.3, -0.25) is 0 Å². The average Bonchev–Trinajstić information content (AvgIpc) is 2.39. The van der Waals surface area contributed by atoms with E-state index in [2.05, 4.69) is 10.2 Å². The summed E-state index contributed by atoms with van der Waals surface area (Å²) in [6.07, 6.45) is 0. The monoisotopic (exact) mass is 282 g/mol. The molecule has 0 aliphatic rings. The average molecular weight is 283 g/mol. The van der Waals surface area contributed by atoms with Gasteiger partial charge in [-0.15, -0.1) is 10.2 Å². The summed E-state index contributed by atoms with van der Waals surface area (Å²) in [7, 11) is 0. The largest absolute Gasteiger partial charge is 0.372 e. The third-order valence-corrected chi connectivity index (χ3v) is 3.26. The maximum atomic E-state index is 5.97. The Labute approximate surface area is 116 Å². The van der Waals surface area contributed by atoms with E-state index in [-0.39, 0.29) is 0 Å². The summed E-state index contributed by atoms with van der Waals surface area (Å²) in [5.41, 5.74) is 2.71. The highest BCUT2D eigenvalue weighted by molar-refractivity contribution is 6.32. The van der Waals surface area contributed by atoms with E-state index < -0.39 is 0 Å². The number of nitrogens with zero attached hydrogens (tertiary/aromatic N) is 2. The van der Waals surface area contributed by atoms with E-state index >= 15 is 0 Å². The highest BCUT2D eigenvalue weighted by Gasteiger charge is 2.10. The lowest BCUT2D eigenvalue weighted by Gasteiger charge is -2.09. The molecular formula is C13H12Cl2N2O. The lowest BCUT2D eigenvalue weighted by Crippen LogP contribution is -2.01. The lowest BCUT2D eigenvalue weighted by molar-refractivity contribution is 0.106. The van der Waals surface area contributed by atoms with E-state index in [9.17, 15) is 0 Å². The van der Waals surface area contributed by atoms with Gasteiger partial charge in [0.25, 0.3) is 0 Å². The van der Waals surface area contributed by atoms with Crippen LogP contribution >= 0.6 is 23.2 Å². The van der Waals surface area contributed by atoms with E-state index in [0.717, 1.165) is 16.7 Å². The lowest BCUT2D eigenvalue weighted by atomic mass is 10.2. The molecule has 5 heteroatoms. The van der Waals surface area contributed by atoms with Gasteiger partial charge < -0.3 is 4.74 Å². The molecule has 0 saturated heterocycles. The van der Waals surface area contributed by atoms with Crippen molar-refractivity contribution in [3.63, 3.8) is 0 Å². The van der Waals surface area contributed by atoms with Gasteiger partial charge in [0.15, 0.2) is 10.3 Å². The Bertz CT molecular complexity index is 532. The topological polar surface area (TPSA) is 35.0 Å². The highest BCUT2D eigenvalue weighted by atomic mass is 35.5. The molecule has 0 spiro atoms. The summed E-state index contributed by atoms with van der Waals surface area (Å²) < 4.78 is 5.61. The van der Waals surface area contributed by atoms with Gasteiger partial charge in [-0.05, 0) is 18.1 Å². The Morgan fingerprint density at radius 2 is 1.67 bits per heavy atom. The third-order valence-electron chi connectivity index (χ3n) is 2.59. The molecule has 0 atom stereocenters. The normalized spacial score (nSPS) is 10.6. The van der Waals surface area contributed by atoms with Crippen molar-refractivity contribution in [1.82, 2.24) is 10.2 Å². The zero-order chi connectivity index (χ0) is 13.0. The van der Waals surface area contributed by atoms with E-state index in [1.165, 1.54) is 0 Å². The van der Waals surface area contributed by atoms with Crippen molar-refractivity contribution < 1.29 is 4.74 Å². The molecule has 0 unspecified atom stereocenters. The van der Waals surface area contributed by atoms with E-state index in [1.54, 1.807) is 0 Å². The molecule has 1 aromatic carbocycles. The van der Waals surface area contributed by atoms with E-state index in [1.807, 2.05) is 37.3 Å². The van der Waals surface area contributed by atoms with Crippen LogP contribution in [-0.2, 0) is 18.0 Å². The summed E-state index contributed by atoms with van der Waals surface area (Å²) in [6.45, 7) is 2.75. The zero-order valence-corrected chi connectivity index (χ0v) is 11.4. The Morgan fingerprint density at radius 1 is 1.00 bits per heavy atom. The number of hydrogen-bond acceptors (Lipinski definition) is 3. The number of rotatable bonds is 4. The molecule has 0 bridgehead atoms. The Morgan fingerprint density at radius 3 is 2.39 bits per heavy atom. The summed E-state index contributed by atoms with van der Waals surface area (Å²) in [5, 5.41) is 8.20. The molecule has 0 amide bonds. The molecule has 18 heavy (non-hydrogen) atoms. The first-order chi connectivity index (χ1) is 8.68. The quantitative estimate of drug-likeness (QED) is 0.855. The minimum absolute atomic E-state index is 0.338. The van der Waals surface area contributed by atoms with Crippen molar-refractivity contribution in [2.45, 2.75) is 20.1 Å². The molecular weight excluding hydrogens is 271 g/mol. The van der Waals surface area contributed by atoms with Crippen molar-refractivity contribution in [2.24, 2.45) is 0 Å². The predicted octanol–water partition coefficient (Wildman–Crippen LogP) is 3.81. The minimum atomic E-state index is 0.338. The fourth-order valence-corrected chi connectivity index (χ4v) is 1.90. The first-order valence-electron chi connectivity index (χ1n) is 5.47. The number of hydrogen-bond donors (Lipinski definition) is 0. The van der Waals surface area contributed by atoms with Gasteiger partial charge in [0.1, 0.15) is 0 Å². The van der Waals surface area contributed by atoms with Gasteiger partial charge in [-0.1, -0.05) is 53.5 Å². The maximum absolute atomic E-state index is 5.97. The number of aromatic nitrogens is 2. The van der Waals surface area contributed by atoms with Crippen LogP contribution in [-0.4, -0.2) is 10.2 Å². The molecule has 1 aromatic heterocycles. The second kappa shape index (κ2) is 6.14. The first-order valence-corrected chi connectivity index (χ1v) is 6.23. The van der Waals surface area contributed by atoms with Gasteiger partial charge in [-0.25, -0.2) is 0 Å². The second-order valence-electron chi connectivity index (χ2n) is 3.86. The van der Waals surface area contributed by atoms with Crippen LogP contribution in [0.5, 0.6) is 0 Å². The number of halogens is 2. The molecule has 94 valence electrons. The summed E-state index contributed by atoms with van der Waals surface area (Å²) >= 11 is 11.9. The van der Waals surface area contributed by atoms with Crippen LogP contribution < -0.4 is 0 Å². The Hall–Kier alpha value is -1.16. The molecule has 0 fully saturated rings. The standard InChI is InChI=1S/C13H12Cl2N2O/c1-9-11(13(15)17-16-12(9)14)8-18-7-10-5-3-2-4-6-10/h2-6H,7-8H2,1H3. The van der Waals surface area contributed by atoms with Gasteiger partial charge >= 0.3 is 0 Å². The minimum Gasteiger partial charge on any atom is -0.372 e. The van der Waals surface area contributed by atoms with Crippen LogP contribution in [0.15, 0.2) is 30.3 Å². The number of benzene rings is 1. The molecule has 2 rings (SSSR count). The van der Waals surface area contributed by atoms with Crippen molar-refractivity contribution in [1.29, 1.82) is 0 Å². The van der Waals surface area contributed by atoms with Gasteiger partial charge in [0, 0.05) is 5.56 Å². The SMILES string of the molecule is Cc1c(Cl)nnc(Cl)c1COCc1ccccc1. The summed E-state index contributed by atoms with van der Waals surface area (Å²) in [5.74, 6) is 0. The van der Waals surface area contributed by atoms with Crippen LogP contribution in [0.3, 0.4) is 0 Å². The van der Waals surface area contributed by atoms with Gasteiger partial charge in [-0.2, -0.15) is 0 Å². The Kier molecular flexibility index (Phi) is 4.53. The van der Waals surface area contributed by atoms with Crippen molar-refractivity contribution in [2.75, 3.05) is 0 Å². The van der Waals surface area contributed by atoms with Crippen LogP contribution in [0, 0.1) is 6.92 Å². The summed E-state index contributed by atoms with van der Waals surface area (Å²) in [4.78, 5) is 0. The fourth-order valence-electron chi connectivity index (χ4n) is 1.52. The van der Waals surface area contributed by atoms with Crippen LogP contribution in [0.4, 0.5) is 0 Å². The molecule has 0 radical (unpaired) electrons. The third kappa shape index (κ3) is 3.19. The fraction of sp³-hybridized carbons (Fsp3) is 0.231. The molecule has 0 aliphatic carbocycles. The molecule has 1 heterocycles. The zero-order valence-electron chi connectivity index (χ0n) is 9.86. The van der Waals surface area contributed by atoms with Crippen molar-refractivity contribution in [3.05, 3.63) is 57.3 Å². The van der Waals surface area contributed by atoms with Gasteiger partial charge in [0.2, 0.25) is 0 Å². The Balaban J connectivity index is 2.01. The van der Waals surface area contributed by atoms with Gasteiger partial charge in [0.05, 0.1) is 13.2 Å². The van der Waals surface area contributed by atoms with E-state index in [0.29, 0.717) is 23.5 Å². The summed E-state index contributed by atoms with van der Waals surface area (Å²) in [6, 6.07) is 9.93. The van der Waals surface area contributed by atoms with Crippen LogP contribution in [0.1, 0.15) is 16.7 Å². The van der Waals surface area contributed by atoms with E-state index in [4.69, 9.17) is 27.9 Å².